The van der Waals surface area contributed by atoms with E-state index in [-0.39, 0.29) is 6.10 Å². The third-order valence-corrected chi connectivity index (χ3v) is 5.57. The van der Waals surface area contributed by atoms with E-state index < -0.39 is 0 Å². The van der Waals surface area contributed by atoms with Crippen molar-refractivity contribution < 1.29 is 5.11 Å². The van der Waals surface area contributed by atoms with Crippen molar-refractivity contribution in [3.05, 3.63) is 12.2 Å². The summed E-state index contributed by atoms with van der Waals surface area (Å²) in [6, 6.07) is 0. The molecule has 0 aliphatic heterocycles. The SMILES string of the molecule is CC/C=C\C(=NC)SSC1CCCCC1O. The molecule has 1 rings (SSSR count). The zero-order valence-electron chi connectivity index (χ0n) is 10.1. The lowest BCUT2D eigenvalue weighted by Gasteiger charge is -2.26. The summed E-state index contributed by atoms with van der Waals surface area (Å²) in [5.41, 5.74) is 0. The van der Waals surface area contributed by atoms with Gasteiger partial charge < -0.3 is 5.11 Å². The predicted octanol–water partition coefficient (Wildman–Crippen LogP) is 3.67. The van der Waals surface area contributed by atoms with E-state index in [1.165, 1.54) is 12.8 Å². The van der Waals surface area contributed by atoms with Gasteiger partial charge in [-0.15, -0.1) is 0 Å². The van der Waals surface area contributed by atoms with Gasteiger partial charge in [-0.2, -0.15) is 0 Å². The lowest BCUT2D eigenvalue weighted by Crippen LogP contribution is -2.26. The van der Waals surface area contributed by atoms with Crippen LogP contribution >= 0.6 is 21.6 Å². The highest BCUT2D eigenvalue weighted by Crippen LogP contribution is 2.37. The summed E-state index contributed by atoms with van der Waals surface area (Å²) in [5.74, 6) is 0. The molecule has 0 bridgehead atoms. The molecule has 0 saturated heterocycles. The van der Waals surface area contributed by atoms with Gasteiger partial charge in [0.1, 0.15) is 5.04 Å². The highest BCUT2D eigenvalue weighted by Gasteiger charge is 2.23. The molecule has 1 aliphatic carbocycles. The monoisotopic (exact) mass is 259 g/mol. The zero-order chi connectivity index (χ0) is 11.8. The summed E-state index contributed by atoms with van der Waals surface area (Å²) in [7, 11) is 5.28. The van der Waals surface area contributed by atoms with Crippen LogP contribution in [-0.2, 0) is 0 Å². The van der Waals surface area contributed by atoms with Crippen LogP contribution in [0.5, 0.6) is 0 Å². The fourth-order valence-corrected chi connectivity index (χ4v) is 4.36. The van der Waals surface area contributed by atoms with E-state index in [0.717, 1.165) is 24.3 Å². The minimum absolute atomic E-state index is 0.125. The normalized spacial score (nSPS) is 27.6. The van der Waals surface area contributed by atoms with E-state index in [9.17, 15) is 5.11 Å². The molecule has 0 radical (unpaired) electrons. The van der Waals surface area contributed by atoms with Gasteiger partial charge >= 0.3 is 0 Å². The van der Waals surface area contributed by atoms with Crippen molar-refractivity contribution in [2.75, 3.05) is 7.05 Å². The first-order chi connectivity index (χ1) is 7.77. The summed E-state index contributed by atoms with van der Waals surface area (Å²) < 4.78 is 0. The van der Waals surface area contributed by atoms with E-state index in [1.54, 1.807) is 21.6 Å². The summed E-state index contributed by atoms with van der Waals surface area (Å²) in [5, 5.41) is 11.3. The number of allylic oxidation sites excluding steroid dienone is 1. The summed E-state index contributed by atoms with van der Waals surface area (Å²) in [6.07, 6.45) is 9.61. The van der Waals surface area contributed by atoms with Crippen LogP contribution in [0, 0.1) is 0 Å². The van der Waals surface area contributed by atoms with Crippen LogP contribution in [0.25, 0.3) is 0 Å². The standard InChI is InChI=1S/C12H21NOS2/c1-3-4-9-12(13-2)16-15-11-8-6-5-7-10(11)14/h4,9-11,14H,3,5-8H2,1-2H3/b9-4-,13-12?. The smallest absolute Gasteiger partial charge is 0.100 e. The Hall–Kier alpha value is 0.0700. The van der Waals surface area contributed by atoms with Crippen molar-refractivity contribution in [2.24, 2.45) is 4.99 Å². The maximum absolute atomic E-state index is 9.84. The maximum atomic E-state index is 9.84. The summed E-state index contributed by atoms with van der Waals surface area (Å²) in [6.45, 7) is 2.12. The predicted molar refractivity (Wildman–Crippen MR) is 76.2 cm³/mol. The second-order valence-corrected chi connectivity index (χ2v) is 6.40. The molecule has 1 fully saturated rings. The van der Waals surface area contributed by atoms with Gasteiger partial charge in [0.05, 0.1) is 6.10 Å². The molecular weight excluding hydrogens is 238 g/mol. The van der Waals surface area contributed by atoms with E-state index in [2.05, 4.69) is 24.1 Å². The first-order valence-electron chi connectivity index (χ1n) is 5.92. The first-order valence-corrected chi connectivity index (χ1v) is 8.14. The number of aliphatic hydroxyl groups is 1. The third-order valence-electron chi connectivity index (χ3n) is 2.64. The Bertz CT molecular complexity index is 253. The molecule has 16 heavy (non-hydrogen) atoms. The molecule has 2 atom stereocenters. The van der Waals surface area contributed by atoms with Crippen LogP contribution < -0.4 is 0 Å². The molecule has 1 saturated carbocycles. The van der Waals surface area contributed by atoms with Crippen LogP contribution in [0.3, 0.4) is 0 Å². The van der Waals surface area contributed by atoms with Gasteiger partial charge in [0.25, 0.3) is 0 Å². The number of rotatable bonds is 4. The van der Waals surface area contributed by atoms with E-state index in [1.807, 2.05) is 7.05 Å². The number of aliphatic hydroxyl groups excluding tert-OH is 1. The second kappa shape index (κ2) is 8.20. The number of aliphatic imine (C=N–C) groups is 1. The minimum Gasteiger partial charge on any atom is -0.392 e. The molecule has 4 heteroatoms. The van der Waals surface area contributed by atoms with Gasteiger partial charge in [-0.05, 0) is 36.1 Å². The fraction of sp³-hybridized carbons (Fsp3) is 0.750. The molecular formula is C12H21NOS2. The number of hydrogen-bond donors (Lipinski definition) is 1. The van der Waals surface area contributed by atoms with Gasteiger partial charge in [0.2, 0.25) is 0 Å². The Labute approximate surface area is 106 Å². The minimum atomic E-state index is -0.125. The molecule has 1 N–H and O–H groups in total. The van der Waals surface area contributed by atoms with Crippen LogP contribution in [0.4, 0.5) is 0 Å². The molecule has 0 aromatic carbocycles. The largest absolute Gasteiger partial charge is 0.392 e. The average Bonchev–Trinajstić information content (AvgIpc) is 2.31. The van der Waals surface area contributed by atoms with Crippen molar-refractivity contribution in [3.8, 4) is 0 Å². The van der Waals surface area contributed by atoms with Crippen molar-refractivity contribution in [1.29, 1.82) is 0 Å². The van der Waals surface area contributed by atoms with Gasteiger partial charge in [-0.1, -0.05) is 36.6 Å². The summed E-state index contributed by atoms with van der Waals surface area (Å²) in [4.78, 5) is 4.23. The Morgan fingerprint density at radius 3 is 2.81 bits per heavy atom. The Morgan fingerprint density at radius 1 is 1.44 bits per heavy atom. The Morgan fingerprint density at radius 2 is 2.19 bits per heavy atom. The Balaban J connectivity index is 2.34. The quantitative estimate of drug-likeness (QED) is 0.475. The molecule has 0 aromatic heterocycles. The molecule has 92 valence electrons. The maximum Gasteiger partial charge on any atom is 0.100 e. The number of nitrogens with zero attached hydrogens (tertiary/aromatic N) is 1. The average molecular weight is 259 g/mol. The van der Waals surface area contributed by atoms with Crippen LogP contribution in [0.2, 0.25) is 0 Å². The lowest BCUT2D eigenvalue weighted by atomic mass is 9.97. The highest BCUT2D eigenvalue weighted by molar-refractivity contribution is 8.82. The third kappa shape index (κ3) is 4.93. The van der Waals surface area contributed by atoms with Gasteiger partial charge in [0.15, 0.2) is 0 Å². The van der Waals surface area contributed by atoms with E-state index in [0.29, 0.717) is 5.25 Å². The van der Waals surface area contributed by atoms with Crippen LogP contribution in [0.15, 0.2) is 17.1 Å². The van der Waals surface area contributed by atoms with E-state index in [4.69, 9.17) is 0 Å². The van der Waals surface area contributed by atoms with Crippen molar-refractivity contribution in [1.82, 2.24) is 0 Å². The number of hydrogen-bond acceptors (Lipinski definition) is 4. The molecule has 2 nitrogen and oxygen atoms in total. The molecule has 0 amide bonds. The zero-order valence-corrected chi connectivity index (χ0v) is 11.7. The fourth-order valence-electron chi connectivity index (χ4n) is 1.66. The van der Waals surface area contributed by atoms with Crippen molar-refractivity contribution in [3.63, 3.8) is 0 Å². The lowest BCUT2D eigenvalue weighted by molar-refractivity contribution is 0.137. The van der Waals surface area contributed by atoms with Crippen LogP contribution in [-0.4, -0.2) is 28.6 Å². The molecule has 0 spiro atoms. The summed E-state index contributed by atoms with van der Waals surface area (Å²) >= 11 is 0. The van der Waals surface area contributed by atoms with Gasteiger partial charge in [-0.25, -0.2) is 0 Å². The molecule has 2 unspecified atom stereocenters. The highest BCUT2D eigenvalue weighted by atomic mass is 33.1. The van der Waals surface area contributed by atoms with Gasteiger partial charge in [-0.3, -0.25) is 4.99 Å². The topological polar surface area (TPSA) is 32.6 Å². The van der Waals surface area contributed by atoms with Gasteiger partial charge in [0, 0.05) is 12.3 Å². The Kier molecular flexibility index (Phi) is 7.25. The van der Waals surface area contributed by atoms with Crippen molar-refractivity contribution in [2.45, 2.75) is 50.4 Å². The molecule has 0 aromatic rings. The first kappa shape index (κ1) is 14.1. The molecule has 0 heterocycles. The van der Waals surface area contributed by atoms with Crippen molar-refractivity contribution >= 4 is 26.6 Å². The second-order valence-electron chi connectivity index (χ2n) is 3.94. The van der Waals surface area contributed by atoms with E-state index >= 15 is 0 Å². The van der Waals surface area contributed by atoms with Crippen LogP contribution in [0.1, 0.15) is 39.0 Å². The molecule has 1 aliphatic rings.